The molecule has 1 fully saturated rings. The highest BCUT2D eigenvalue weighted by atomic mass is 14.9. The Labute approximate surface area is 104 Å². The van der Waals surface area contributed by atoms with Gasteiger partial charge in [-0.05, 0) is 25.3 Å². The molecular formula is C14H23N3. The monoisotopic (exact) mass is 233 g/mol. The van der Waals surface area contributed by atoms with Crippen molar-refractivity contribution in [2.45, 2.75) is 45.1 Å². The minimum Gasteiger partial charge on any atom is -0.311 e. The maximum atomic E-state index is 4.47. The Hall–Kier alpha value is -0.960. The van der Waals surface area contributed by atoms with Gasteiger partial charge in [-0.25, -0.2) is 0 Å². The topological polar surface area (TPSA) is 37.8 Å². The molecule has 0 aliphatic heterocycles. The van der Waals surface area contributed by atoms with Crippen LogP contribution in [0.15, 0.2) is 18.6 Å². The van der Waals surface area contributed by atoms with Crippen LogP contribution in [0.25, 0.3) is 0 Å². The molecule has 0 amide bonds. The molecule has 2 rings (SSSR count). The Morgan fingerprint density at radius 3 is 2.82 bits per heavy atom. The van der Waals surface area contributed by atoms with E-state index < -0.39 is 0 Å². The van der Waals surface area contributed by atoms with Crippen LogP contribution in [0.1, 0.15) is 50.8 Å². The Kier molecular flexibility index (Phi) is 4.49. The van der Waals surface area contributed by atoms with Crippen LogP contribution >= 0.6 is 0 Å². The molecule has 0 bridgehead atoms. The third-order valence-corrected chi connectivity index (χ3v) is 4.13. The molecule has 3 unspecified atom stereocenters. The van der Waals surface area contributed by atoms with E-state index in [0.29, 0.717) is 6.04 Å². The van der Waals surface area contributed by atoms with Gasteiger partial charge in [0.15, 0.2) is 0 Å². The van der Waals surface area contributed by atoms with Crippen LogP contribution in [0.4, 0.5) is 0 Å². The van der Waals surface area contributed by atoms with E-state index in [1.54, 1.807) is 12.4 Å². The van der Waals surface area contributed by atoms with Crippen LogP contribution in [-0.4, -0.2) is 17.0 Å². The lowest BCUT2D eigenvalue weighted by Crippen LogP contribution is -2.33. The highest BCUT2D eigenvalue weighted by molar-refractivity contribution is 5.05. The molecule has 1 aliphatic rings. The van der Waals surface area contributed by atoms with Crippen molar-refractivity contribution in [2.24, 2.45) is 11.8 Å². The normalized spacial score (nSPS) is 26.7. The molecule has 3 atom stereocenters. The molecule has 17 heavy (non-hydrogen) atoms. The van der Waals surface area contributed by atoms with Gasteiger partial charge >= 0.3 is 0 Å². The molecule has 0 saturated heterocycles. The number of hydrogen-bond donors (Lipinski definition) is 1. The summed E-state index contributed by atoms with van der Waals surface area (Å²) in [6, 6.07) is 0.369. The summed E-state index contributed by atoms with van der Waals surface area (Å²) in [5, 5.41) is 3.45. The standard InChI is InChI=1S/C14H23N3/c1-3-11-6-4-5-7-12(11)14(15-2)13-10-16-8-9-17-13/h8-12,14-15H,3-7H2,1-2H3. The molecule has 3 nitrogen and oxygen atoms in total. The van der Waals surface area contributed by atoms with Crippen LogP contribution in [0.2, 0.25) is 0 Å². The Morgan fingerprint density at radius 1 is 1.35 bits per heavy atom. The van der Waals surface area contributed by atoms with E-state index in [0.717, 1.165) is 17.5 Å². The lowest BCUT2D eigenvalue weighted by molar-refractivity contribution is 0.178. The summed E-state index contributed by atoms with van der Waals surface area (Å²) in [4.78, 5) is 8.67. The fourth-order valence-corrected chi connectivity index (χ4v) is 3.23. The molecule has 1 N–H and O–H groups in total. The van der Waals surface area contributed by atoms with Crippen LogP contribution in [0.3, 0.4) is 0 Å². The molecule has 94 valence electrons. The average Bonchev–Trinajstić information content (AvgIpc) is 2.41. The maximum absolute atomic E-state index is 4.47. The van der Waals surface area contributed by atoms with Gasteiger partial charge in [0.25, 0.3) is 0 Å². The van der Waals surface area contributed by atoms with Gasteiger partial charge in [0.05, 0.1) is 11.7 Å². The van der Waals surface area contributed by atoms with E-state index in [1.807, 2.05) is 13.2 Å². The molecule has 0 aromatic carbocycles. The van der Waals surface area contributed by atoms with Crippen molar-refractivity contribution in [1.29, 1.82) is 0 Å². The number of aromatic nitrogens is 2. The minimum atomic E-state index is 0.369. The molecular weight excluding hydrogens is 210 g/mol. The van der Waals surface area contributed by atoms with Gasteiger partial charge in [0.1, 0.15) is 0 Å². The second-order valence-electron chi connectivity index (χ2n) is 5.01. The summed E-state index contributed by atoms with van der Waals surface area (Å²) in [6.45, 7) is 2.31. The first-order chi connectivity index (χ1) is 8.36. The van der Waals surface area contributed by atoms with Crippen molar-refractivity contribution >= 4 is 0 Å². The quantitative estimate of drug-likeness (QED) is 0.869. The number of nitrogens with one attached hydrogen (secondary N) is 1. The molecule has 0 radical (unpaired) electrons. The zero-order valence-electron chi connectivity index (χ0n) is 10.9. The molecule has 1 aromatic heterocycles. The summed E-state index contributed by atoms with van der Waals surface area (Å²) in [5.74, 6) is 1.55. The van der Waals surface area contributed by atoms with Crippen LogP contribution < -0.4 is 5.32 Å². The highest BCUT2D eigenvalue weighted by Crippen LogP contribution is 2.39. The van der Waals surface area contributed by atoms with Gasteiger partial charge in [0, 0.05) is 18.6 Å². The zero-order valence-corrected chi connectivity index (χ0v) is 10.9. The number of hydrogen-bond acceptors (Lipinski definition) is 3. The molecule has 0 spiro atoms. The molecule has 1 saturated carbocycles. The van der Waals surface area contributed by atoms with E-state index in [1.165, 1.54) is 32.1 Å². The summed E-state index contributed by atoms with van der Waals surface area (Å²) in [6.07, 6.45) is 12.2. The van der Waals surface area contributed by atoms with E-state index in [4.69, 9.17) is 0 Å². The summed E-state index contributed by atoms with van der Waals surface area (Å²) in [5.41, 5.74) is 1.10. The van der Waals surface area contributed by atoms with E-state index in [-0.39, 0.29) is 0 Å². The van der Waals surface area contributed by atoms with Crippen molar-refractivity contribution < 1.29 is 0 Å². The van der Waals surface area contributed by atoms with Gasteiger partial charge in [-0.1, -0.05) is 32.6 Å². The van der Waals surface area contributed by atoms with Crippen molar-refractivity contribution in [3.8, 4) is 0 Å². The van der Waals surface area contributed by atoms with Crippen molar-refractivity contribution in [1.82, 2.24) is 15.3 Å². The predicted octanol–water partition coefficient (Wildman–Crippen LogP) is 2.95. The van der Waals surface area contributed by atoms with Gasteiger partial charge < -0.3 is 5.32 Å². The Balaban J connectivity index is 2.16. The van der Waals surface area contributed by atoms with Crippen LogP contribution in [0.5, 0.6) is 0 Å². The van der Waals surface area contributed by atoms with Crippen molar-refractivity contribution in [3.63, 3.8) is 0 Å². The first kappa shape index (κ1) is 12.5. The largest absolute Gasteiger partial charge is 0.311 e. The summed E-state index contributed by atoms with van der Waals surface area (Å²) in [7, 11) is 2.04. The van der Waals surface area contributed by atoms with Gasteiger partial charge in [-0.3, -0.25) is 9.97 Å². The van der Waals surface area contributed by atoms with Gasteiger partial charge in [-0.15, -0.1) is 0 Å². The van der Waals surface area contributed by atoms with Crippen molar-refractivity contribution in [3.05, 3.63) is 24.3 Å². The third kappa shape index (κ3) is 2.83. The second kappa shape index (κ2) is 6.10. The molecule has 1 heterocycles. The van der Waals surface area contributed by atoms with E-state index in [2.05, 4.69) is 22.2 Å². The van der Waals surface area contributed by atoms with Gasteiger partial charge in [0.2, 0.25) is 0 Å². The number of nitrogens with zero attached hydrogens (tertiary/aromatic N) is 2. The average molecular weight is 233 g/mol. The Bertz CT molecular complexity index is 325. The number of rotatable bonds is 4. The van der Waals surface area contributed by atoms with Crippen LogP contribution in [0, 0.1) is 11.8 Å². The molecule has 1 aliphatic carbocycles. The summed E-state index contributed by atoms with van der Waals surface area (Å²) < 4.78 is 0. The lowest BCUT2D eigenvalue weighted by atomic mass is 9.73. The van der Waals surface area contributed by atoms with Gasteiger partial charge in [-0.2, -0.15) is 0 Å². The van der Waals surface area contributed by atoms with Crippen molar-refractivity contribution in [2.75, 3.05) is 7.05 Å². The first-order valence-corrected chi connectivity index (χ1v) is 6.80. The van der Waals surface area contributed by atoms with Crippen LogP contribution in [-0.2, 0) is 0 Å². The second-order valence-corrected chi connectivity index (χ2v) is 5.01. The summed E-state index contributed by atoms with van der Waals surface area (Å²) >= 11 is 0. The zero-order chi connectivity index (χ0) is 12.1. The highest BCUT2D eigenvalue weighted by Gasteiger charge is 2.31. The fourth-order valence-electron chi connectivity index (χ4n) is 3.23. The predicted molar refractivity (Wildman–Crippen MR) is 69.6 cm³/mol. The smallest absolute Gasteiger partial charge is 0.0758 e. The third-order valence-electron chi connectivity index (χ3n) is 4.13. The molecule has 1 aromatic rings. The molecule has 3 heteroatoms. The lowest BCUT2D eigenvalue weighted by Gasteiger charge is -2.36. The minimum absolute atomic E-state index is 0.369. The Morgan fingerprint density at radius 2 is 2.18 bits per heavy atom. The SMILES string of the molecule is CCC1CCCCC1C(NC)c1cnccn1. The maximum Gasteiger partial charge on any atom is 0.0758 e. The fraction of sp³-hybridized carbons (Fsp3) is 0.714. The van der Waals surface area contributed by atoms with E-state index in [9.17, 15) is 0 Å². The first-order valence-electron chi connectivity index (χ1n) is 6.80. The van der Waals surface area contributed by atoms with E-state index >= 15 is 0 Å².